The van der Waals surface area contributed by atoms with Crippen molar-refractivity contribution in [3.05, 3.63) is 35.4 Å². The fourth-order valence-corrected chi connectivity index (χ4v) is 1.83. The molecule has 0 spiro atoms. The molecule has 0 aliphatic carbocycles. The zero-order valence-electron chi connectivity index (χ0n) is 11.4. The van der Waals surface area contributed by atoms with Gasteiger partial charge in [0.05, 0.1) is 11.9 Å². The highest BCUT2D eigenvalue weighted by Crippen LogP contribution is 2.25. The van der Waals surface area contributed by atoms with Crippen LogP contribution in [-0.2, 0) is 0 Å². The number of nitrogens with one attached hydrogen (secondary N) is 1. The van der Waals surface area contributed by atoms with Gasteiger partial charge in [-0.2, -0.15) is 0 Å². The molecule has 2 aromatic heterocycles. The van der Waals surface area contributed by atoms with E-state index in [1.165, 1.54) is 12.3 Å². The quantitative estimate of drug-likeness (QED) is 0.917. The van der Waals surface area contributed by atoms with Crippen LogP contribution >= 0.6 is 0 Å². The van der Waals surface area contributed by atoms with Crippen molar-refractivity contribution >= 4 is 5.82 Å². The Labute approximate surface area is 112 Å². The van der Waals surface area contributed by atoms with Crippen LogP contribution in [0.25, 0.3) is 11.3 Å². The van der Waals surface area contributed by atoms with E-state index in [-0.39, 0.29) is 5.82 Å². The first-order valence-electron chi connectivity index (χ1n) is 6.32. The van der Waals surface area contributed by atoms with Gasteiger partial charge in [0.1, 0.15) is 5.82 Å². The van der Waals surface area contributed by atoms with Crippen molar-refractivity contribution in [3.8, 4) is 11.3 Å². The summed E-state index contributed by atoms with van der Waals surface area (Å²) >= 11 is 0. The van der Waals surface area contributed by atoms with Crippen LogP contribution in [0, 0.1) is 19.7 Å². The van der Waals surface area contributed by atoms with Crippen LogP contribution < -0.4 is 5.32 Å². The van der Waals surface area contributed by atoms with Gasteiger partial charge in [-0.25, -0.2) is 4.39 Å². The minimum atomic E-state index is -0.371. The maximum Gasteiger partial charge on any atom is 0.151 e. The SMILES string of the molecule is CCCNc1nnc(-c2cncc(F)c2)c(C)c1C. The molecular weight excluding hydrogens is 243 g/mol. The molecule has 0 atom stereocenters. The van der Waals surface area contributed by atoms with E-state index in [4.69, 9.17) is 0 Å². The van der Waals surface area contributed by atoms with Crippen LogP contribution in [-0.4, -0.2) is 21.7 Å². The van der Waals surface area contributed by atoms with Crippen LogP contribution in [0.5, 0.6) is 0 Å². The molecule has 2 rings (SSSR count). The molecule has 0 fully saturated rings. The number of halogens is 1. The Hall–Kier alpha value is -2.04. The van der Waals surface area contributed by atoms with Crippen molar-refractivity contribution in [1.29, 1.82) is 0 Å². The number of pyridine rings is 1. The molecule has 0 bridgehead atoms. The van der Waals surface area contributed by atoms with Gasteiger partial charge >= 0.3 is 0 Å². The predicted molar refractivity (Wildman–Crippen MR) is 73.5 cm³/mol. The Morgan fingerprint density at radius 3 is 2.63 bits per heavy atom. The maximum atomic E-state index is 13.2. The lowest BCUT2D eigenvalue weighted by Gasteiger charge is -2.12. The third kappa shape index (κ3) is 2.86. The smallest absolute Gasteiger partial charge is 0.151 e. The fraction of sp³-hybridized carbons (Fsp3) is 0.357. The van der Waals surface area contributed by atoms with Crippen LogP contribution in [0.2, 0.25) is 0 Å². The highest BCUT2D eigenvalue weighted by Gasteiger charge is 2.11. The lowest BCUT2D eigenvalue weighted by molar-refractivity contribution is 0.622. The highest BCUT2D eigenvalue weighted by molar-refractivity contribution is 5.65. The summed E-state index contributed by atoms with van der Waals surface area (Å²) in [6, 6.07) is 1.42. The second-order valence-electron chi connectivity index (χ2n) is 4.47. The van der Waals surface area contributed by atoms with Gasteiger partial charge in [0.15, 0.2) is 5.82 Å². The zero-order valence-corrected chi connectivity index (χ0v) is 11.4. The molecule has 0 aliphatic heterocycles. The highest BCUT2D eigenvalue weighted by atomic mass is 19.1. The largest absolute Gasteiger partial charge is 0.368 e. The average Bonchev–Trinajstić information content (AvgIpc) is 2.40. The molecule has 19 heavy (non-hydrogen) atoms. The number of rotatable bonds is 4. The number of hydrogen-bond acceptors (Lipinski definition) is 4. The molecule has 5 heteroatoms. The molecule has 4 nitrogen and oxygen atoms in total. The first-order valence-corrected chi connectivity index (χ1v) is 6.32. The monoisotopic (exact) mass is 260 g/mol. The van der Waals surface area contributed by atoms with E-state index < -0.39 is 0 Å². The summed E-state index contributed by atoms with van der Waals surface area (Å²) < 4.78 is 13.2. The maximum absolute atomic E-state index is 13.2. The summed E-state index contributed by atoms with van der Waals surface area (Å²) in [6.45, 7) is 6.89. The molecule has 2 heterocycles. The van der Waals surface area contributed by atoms with Crippen molar-refractivity contribution in [1.82, 2.24) is 15.2 Å². The summed E-state index contributed by atoms with van der Waals surface area (Å²) in [5.74, 6) is 0.414. The van der Waals surface area contributed by atoms with E-state index in [0.717, 1.165) is 29.9 Å². The fourth-order valence-electron chi connectivity index (χ4n) is 1.83. The van der Waals surface area contributed by atoms with Crippen LogP contribution in [0.15, 0.2) is 18.5 Å². The minimum absolute atomic E-state index is 0.371. The van der Waals surface area contributed by atoms with Crippen molar-refractivity contribution in [3.63, 3.8) is 0 Å². The Morgan fingerprint density at radius 2 is 1.95 bits per heavy atom. The van der Waals surface area contributed by atoms with Crippen LogP contribution in [0.4, 0.5) is 10.2 Å². The van der Waals surface area contributed by atoms with Gasteiger partial charge < -0.3 is 5.32 Å². The Balaban J connectivity index is 2.41. The van der Waals surface area contributed by atoms with Crippen LogP contribution in [0.1, 0.15) is 24.5 Å². The molecule has 0 aromatic carbocycles. The van der Waals surface area contributed by atoms with Gasteiger partial charge in [-0.05, 0) is 37.5 Å². The number of nitrogens with zero attached hydrogens (tertiary/aromatic N) is 3. The third-order valence-electron chi connectivity index (χ3n) is 3.04. The lowest BCUT2D eigenvalue weighted by atomic mass is 10.1. The minimum Gasteiger partial charge on any atom is -0.368 e. The first-order chi connectivity index (χ1) is 9.13. The summed E-state index contributed by atoms with van der Waals surface area (Å²) in [7, 11) is 0. The molecule has 2 aromatic rings. The van der Waals surface area contributed by atoms with Gasteiger partial charge in [-0.3, -0.25) is 4.98 Å². The molecule has 0 radical (unpaired) electrons. The van der Waals surface area contributed by atoms with E-state index in [1.807, 2.05) is 13.8 Å². The lowest BCUT2D eigenvalue weighted by Crippen LogP contribution is -2.07. The van der Waals surface area contributed by atoms with E-state index >= 15 is 0 Å². The first kappa shape index (κ1) is 13.4. The van der Waals surface area contributed by atoms with E-state index in [1.54, 1.807) is 6.20 Å². The Bertz CT molecular complexity index is 584. The van der Waals surface area contributed by atoms with Gasteiger partial charge in [-0.1, -0.05) is 6.92 Å². The third-order valence-corrected chi connectivity index (χ3v) is 3.04. The summed E-state index contributed by atoms with van der Waals surface area (Å²) in [6.07, 6.45) is 3.80. The molecule has 1 N–H and O–H groups in total. The van der Waals surface area contributed by atoms with Crippen LogP contribution in [0.3, 0.4) is 0 Å². The van der Waals surface area contributed by atoms with Gasteiger partial charge in [0, 0.05) is 18.3 Å². The summed E-state index contributed by atoms with van der Waals surface area (Å²) in [5, 5.41) is 11.6. The van der Waals surface area contributed by atoms with E-state index in [2.05, 4.69) is 27.4 Å². The Kier molecular flexibility index (Phi) is 4.04. The summed E-state index contributed by atoms with van der Waals surface area (Å²) in [5.41, 5.74) is 3.34. The second-order valence-corrected chi connectivity index (χ2v) is 4.47. The molecular formula is C14H17FN4. The van der Waals surface area contributed by atoms with Crippen molar-refractivity contribution in [2.24, 2.45) is 0 Å². The van der Waals surface area contributed by atoms with Gasteiger partial charge in [-0.15, -0.1) is 10.2 Å². The summed E-state index contributed by atoms with van der Waals surface area (Å²) in [4.78, 5) is 3.84. The van der Waals surface area contributed by atoms with Gasteiger partial charge in [0.25, 0.3) is 0 Å². The van der Waals surface area contributed by atoms with Gasteiger partial charge in [0.2, 0.25) is 0 Å². The van der Waals surface area contributed by atoms with E-state index in [9.17, 15) is 4.39 Å². The van der Waals surface area contributed by atoms with Crippen molar-refractivity contribution in [2.45, 2.75) is 27.2 Å². The average molecular weight is 260 g/mol. The zero-order chi connectivity index (χ0) is 13.8. The topological polar surface area (TPSA) is 50.7 Å². The Morgan fingerprint density at radius 1 is 1.16 bits per heavy atom. The van der Waals surface area contributed by atoms with E-state index in [0.29, 0.717) is 11.3 Å². The van der Waals surface area contributed by atoms with Crippen molar-refractivity contribution in [2.75, 3.05) is 11.9 Å². The molecule has 100 valence electrons. The molecule has 0 unspecified atom stereocenters. The molecule has 0 amide bonds. The normalized spacial score (nSPS) is 10.5. The number of aromatic nitrogens is 3. The second kappa shape index (κ2) is 5.73. The standard InChI is InChI=1S/C14H17FN4/c1-4-5-17-14-10(3)9(2)13(18-19-14)11-6-12(15)8-16-7-11/h6-8H,4-5H2,1-3H3,(H,17,19). The number of anilines is 1. The molecule has 0 saturated carbocycles. The molecule has 0 aliphatic rings. The molecule has 0 saturated heterocycles. The number of hydrogen-bond donors (Lipinski definition) is 1. The predicted octanol–water partition coefficient (Wildman–Crippen LogP) is 3.12. The van der Waals surface area contributed by atoms with Crippen molar-refractivity contribution < 1.29 is 4.39 Å².